The first-order chi connectivity index (χ1) is 15.5. The van der Waals surface area contributed by atoms with Crippen molar-refractivity contribution in [1.29, 1.82) is 0 Å². The van der Waals surface area contributed by atoms with E-state index in [9.17, 15) is 31.5 Å². The number of pyridine rings is 1. The first-order valence-electron chi connectivity index (χ1n) is 9.57. The van der Waals surface area contributed by atoms with Crippen molar-refractivity contribution < 1.29 is 31.5 Å². The van der Waals surface area contributed by atoms with Crippen LogP contribution < -0.4 is 5.32 Å². The molecule has 0 bridgehead atoms. The zero-order chi connectivity index (χ0) is 24.2. The number of phenolic OH excluding ortho intramolecular Hbond substituents is 1. The molecule has 0 radical (unpaired) electrons. The smallest absolute Gasteiger partial charge is 0.416 e. The fraction of sp³-hybridized carbons (Fsp3) is 0.182. The fourth-order valence-corrected chi connectivity index (χ4v) is 5.68. The van der Waals surface area contributed by atoms with E-state index in [1.54, 1.807) is 24.3 Å². The molecule has 33 heavy (non-hydrogen) atoms. The number of carbonyl (C=O) groups is 1. The Hall–Kier alpha value is -3.05. The molecule has 174 valence electrons. The molecule has 0 unspecified atom stereocenters. The molecule has 0 aliphatic heterocycles. The van der Waals surface area contributed by atoms with E-state index < -0.39 is 38.1 Å². The molecule has 0 aliphatic carbocycles. The Morgan fingerprint density at radius 2 is 1.82 bits per heavy atom. The Balaban J connectivity index is 1.85. The Morgan fingerprint density at radius 1 is 1.09 bits per heavy atom. The van der Waals surface area contributed by atoms with Gasteiger partial charge in [-0.1, -0.05) is 24.3 Å². The minimum Gasteiger partial charge on any atom is -0.507 e. The standard InChI is InChI=1S/C22H19F3N2O4S2/c1-14(28)27-20-18(17-7-2-3-8-19(17)29)9-10-26-21(20)32-11-12-33(30,31)16-6-4-5-15(13-16)22(23,24)25/h2-10,13,29H,11-12H2,1H3,(H,27,28). The Bertz CT molecular complexity index is 1280. The fourth-order valence-electron chi connectivity index (χ4n) is 3.01. The van der Waals surface area contributed by atoms with Crippen molar-refractivity contribution in [3.05, 3.63) is 66.4 Å². The molecule has 3 rings (SSSR count). The summed E-state index contributed by atoms with van der Waals surface area (Å²) < 4.78 is 64.0. The second kappa shape index (κ2) is 9.84. The second-order valence-corrected chi connectivity index (χ2v) is 10.1. The highest BCUT2D eigenvalue weighted by atomic mass is 32.2. The maximum Gasteiger partial charge on any atom is 0.416 e. The predicted molar refractivity (Wildman–Crippen MR) is 120 cm³/mol. The van der Waals surface area contributed by atoms with E-state index in [2.05, 4.69) is 10.3 Å². The van der Waals surface area contributed by atoms with Crippen LogP contribution in [0.3, 0.4) is 0 Å². The third-order valence-corrected chi connectivity index (χ3v) is 7.49. The number of alkyl halides is 3. The summed E-state index contributed by atoms with van der Waals surface area (Å²) in [6.07, 6.45) is -3.20. The van der Waals surface area contributed by atoms with Crippen LogP contribution in [-0.4, -0.2) is 35.9 Å². The number of rotatable bonds is 7. The average Bonchev–Trinajstić information content (AvgIpc) is 2.74. The van der Waals surface area contributed by atoms with Gasteiger partial charge in [0.1, 0.15) is 10.8 Å². The van der Waals surface area contributed by atoms with Crippen LogP contribution in [0, 0.1) is 0 Å². The van der Waals surface area contributed by atoms with E-state index in [0.717, 1.165) is 30.0 Å². The number of nitrogens with one attached hydrogen (secondary N) is 1. The van der Waals surface area contributed by atoms with E-state index in [-0.39, 0.29) is 11.5 Å². The molecule has 6 nitrogen and oxygen atoms in total. The number of anilines is 1. The van der Waals surface area contributed by atoms with E-state index >= 15 is 0 Å². The number of carbonyl (C=O) groups excluding carboxylic acids is 1. The molecule has 0 aliphatic rings. The summed E-state index contributed by atoms with van der Waals surface area (Å²) in [5, 5.41) is 13.2. The van der Waals surface area contributed by atoms with Crippen molar-refractivity contribution in [2.24, 2.45) is 0 Å². The number of sulfone groups is 1. The van der Waals surface area contributed by atoms with Gasteiger partial charge in [-0.05, 0) is 30.3 Å². The van der Waals surface area contributed by atoms with Crippen molar-refractivity contribution in [3.8, 4) is 16.9 Å². The van der Waals surface area contributed by atoms with Crippen LogP contribution in [0.4, 0.5) is 18.9 Å². The highest BCUT2D eigenvalue weighted by Crippen LogP contribution is 2.39. The molecule has 0 saturated carbocycles. The highest BCUT2D eigenvalue weighted by Gasteiger charge is 2.31. The number of para-hydroxylation sites is 1. The van der Waals surface area contributed by atoms with Crippen molar-refractivity contribution >= 4 is 33.2 Å². The van der Waals surface area contributed by atoms with Gasteiger partial charge in [0, 0.05) is 30.0 Å². The molecular weight excluding hydrogens is 477 g/mol. The van der Waals surface area contributed by atoms with Crippen molar-refractivity contribution in [1.82, 2.24) is 4.98 Å². The molecular formula is C22H19F3N2O4S2. The maximum atomic E-state index is 12.9. The number of phenols is 1. The largest absolute Gasteiger partial charge is 0.507 e. The number of thioether (sulfide) groups is 1. The number of hydrogen-bond acceptors (Lipinski definition) is 6. The first kappa shape index (κ1) is 24.6. The highest BCUT2D eigenvalue weighted by molar-refractivity contribution is 8.00. The monoisotopic (exact) mass is 496 g/mol. The molecule has 0 saturated heterocycles. The lowest BCUT2D eigenvalue weighted by Crippen LogP contribution is -2.12. The number of aromatic hydroxyl groups is 1. The summed E-state index contributed by atoms with van der Waals surface area (Å²) in [6.45, 7) is 1.30. The first-order valence-corrected chi connectivity index (χ1v) is 12.2. The molecule has 11 heteroatoms. The van der Waals surface area contributed by atoms with Crippen LogP contribution >= 0.6 is 11.8 Å². The molecule has 1 heterocycles. The Kier molecular flexibility index (Phi) is 7.33. The predicted octanol–water partition coefficient (Wildman–Crippen LogP) is 5.00. The van der Waals surface area contributed by atoms with Crippen LogP contribution in [0.1, 0.15) is 12.5 Å². The third-order valence-electron chi connectivity index (χ3n) is 4.52. The lowest BCUT2D eigenvalue weighted by atomic mass is 10.0. The van der Waals surface area contributed by atoms with Gasteiger partial charge in [0.2, 0.25) is 5.91 Å². The van der Waals surface area contributed by atoms with Crippen LogP contribution in [-0.2, 0) is 20.8 Å². The summed E-state index contributed by atoms with van der Waals surface area (Å²) >= 11 is 1.03. The minimum atomic E-state index is -4.65. The molecule has 3 aromatic rings. The lowest BCUT2D eigenvalue weighted by molar-refractivity contribution is -0.137. The quantitative estimate of drug-likeness (QED) is 0.447. The van der Waals surface area contributed by atoms with E-state index in [0.29, 0.717) is 27.9 Å². The van der Waals surface area contributed by atoms with E-state index in [4.69, 9.17) is 0 Å². The van der Waals surface area contributed by atoms with Gasteiger partial charge in [0.15, 0.2) is 9.84 Å². The summed E-state index contributed by atoms with van der Waals surface area (Å²) in [6, 6.07) is 11.7. The second-order valence-electron chi connectivity index (χ2n) is 6.93. The van der Waals surface area contributed by atoms with Crippen molar-refractivity contribution in [2.75, 3.05) is 16.8 Å². The summed E-state index contributed by atoms with van der Waals surface area (Å²) in [5.74, 6) is -0.875. The minimum absolute atomic E-state index is 0.0154. The number of aromatic nitrogens is 1. The number of amides is 1. The van der Waals surface area contributed by atoms with Crippen LogP contribution in [0.2, 0.25) is 0 Å². The van der Waals surface area contributed by atoms with Crippen LogP contribution in [0.15, 0.2) is 70.7 Å². The van der Waals surface area contributed by atoms with E-state index in [1.165, 1.54) is 19.2 Å². The van der Waals surface area contributed by atoms with Gasteiger partial charge in [-0.2, -0.15) is 13.2 Å². The zero-order valence-corrected chi connectivity index (χ0v) is 18.9. The normalized spacial score (nSPS) is 11.9. The van der Waals surface area contributed by atoms with Gasteiger partial charge in [0.25, 0.3) is 0 Å². The molecule has 2 N–H and O–H groups in total. The number of benzene rings is 2. The molecule has 0 spiro atoms. The number of hydrogen-bond donors (Lipinski definition) is 2. The van der Waals surface area contributed by atoms with Gasteiger partial charge in [-0.15, -0.1) is 11.8 Å². The molecule has 1 aromatic heterocycles. The molecule has 2 aromatic carbocycles. The van der Waals surface area contributed by atoms with Crippen LogP contribution in [0.25, 0.3) is 11.1 Å². The van der Waals surface area contributed by atoms with Gasteiger partial charge in [-0.3, -0.25) is 4.79 Å². The SMILES string of the molecule is CC(=O)Nc1c(-c2ccccc2O)ccnc1SCCS(=O)(=O)c1cccc(C(F)(F)F)c1. The summed E-state index contributed by atoms with van der Waals surface area (Å²) in [7, 11) is -3.99. The maximum absolute atomic E-state index is 12.9. The lowest BCUT2D eigenvalue weighted by Gasteiger charge is -2.15. The average molecular weight is 497 g/mol. The number of nitrogens with zero attached hydrogens (tertiary/aromatic N) is 1. The summed E-state index contributed by atoms with van der Waals surface area (Å²) in [5.41, 5.74) is 0.192. The number of halogens is 3. The Morgan fingerprint density at radius 3 is 2.48 bits per heavy atom. The molecule has 0 atom stereocenters. The molecule has 0 fully saturated rings. The van der Waals surface area contributed by atoms with Crippen LogP contribution in [0.5, 0.6) is 5.75 Å². The van der Waals surface area contributed by atoms with Gasteiger partial charge in [-0.25, -0.2) is 13.4 Å². The van der Waals surface area contributed by atoms with Gasteiger partial charge < -0.3 is 10.4 Å². The third kappa shape index (κ3) is 6.05. The topological polar surface area (TPSA) is 96.4 Å². The zero-order valence-electron chi connectivity index (χ0n) is 17.3. The van der Waals surface area contributed by atoms with Gasteiger partial charge >= 0.3 is 6.18 Å². The van der Waals surface area contributed by atoms with Crippen molar-refractivity contribution in [3.63, 3.8) is 0 Å². The molecule has 1 amide bonds. The Labute approximate surface area is 192 Å². The van der Waals surface area contributed by atoms with Gasteiger partial charge in [0.05, 0.1) is 21.9 Å². The summed E-state index contributed by atoms with van der Waals surface area (Å²) in [4.78, 5) is 15.6. The van der Waals surface area contributed by atoms with Crippen molar-refractivity contribution in [2.45, 2.75) is 23.0 Å². The van der Waals surface area contributed by atoms with E-state index in [1.807, 2.05) is 0 Å².